The summed E-state index contributed by atoms with van der Waals surface area (Å²) >= 11 is 0. The number of hydrogen-bond acceptors (Lipinski definition) is 7. The quantitative estimate of drug-likeness (QED) is 0.564. The number of carbonyl (C=O) groups is 2. The van der Waals surface area contributed by atoms with Crippen LogP contribution >= 0.6 is 0 Å². The van der Waals surface area contributed by atoms with Gasteiger partial charge in [0, 0.05) is 18.5 Å². The van der Waals surface area contributed by atoms with Crippen molar-refractivity contribution >= 4 is 22.1 Å². The van der Waals surface area contributed by atoms with E-state index in [-0.39, 0.29) is 11.3 Å². The van der Waals surface area contributed by atoms with E-state index in [0.717, 1.165) is 25.3 Å². The van der Waals surface area contributed by atoms with Gasteiger partial charge >= 0.3 is 12.1 Å². The van der Waals surface area contributed by atoms with Gasteiger partial charge in [-0.25, -0.2) is 23.1 Å². The lowest BCUT2D eigenvalue weighted by Crippen LogP contribution is -2.43. The minimum Gasteiger partial charge on any atom is -0.465 e. The van der Waals surface area contributed by atoms with Crippen LogP contribution in [0.4, 0.5) is 4.79 Å². The van der Waals surface area contributed by atoms with Gasteiger partial charge in [-0.05, 0) is 37.5 Å². The molecule has 29 heavy (non-hydrogen) atoms. The van der Waals surface area contributed by atoms with Crippen LogP contribution in [-0.2, 0) is 19.5 Å². The number of nitrogens with two attached hydrogens (primary N) is 1. The summed E-state index contributed by atoms with van der Waals surface area (Å²) < 4.78 is 40.1. The van der Waals surface area contributed by atoms with E-state index in [0.29, 0.717) is 13.1 Å². The van der Waals surface area contributed by atoms with Crippen molar-refractivity contribution in [1.82, 2.24) is 4.90 Å². The monoisotopic (exact) mass is 428 g/mol. The van der Waals surface area contributed by atoms with Crippen molar-refractivity contribution < 1.29 is 32.2 Å². The van der Waals surface area contributed by atoms with E-state index in [1.54, 1.807) is 25.7 Å². The zero-order valence-electron chi connectivity index (χ0n) is 17.1. The van der Waals surface area contributed by atoms with Crippen LogP contribution in [0.1, 0.15) is 50.4 Å². The highest BCUT2D eigenvalue weighted by Crippen LogP contribution is 2.31. The second-order valence-corrected chi connectivity index (χ2v) is 9.48. The first-order valence-corrected chi connectivity index (χ1v) is 10.9. The Bertz CT molecular complexity index is 856. The van der Waals surface area contributed by atoms with Gasteiger partial charge in [-0.2, -0.15) is 0 Å². The minimum atomic E-state index is -4.22. The van der Waals surface area contributed by atoms with Crippen LogP contribution in [0.15, 0.2) is 23.1 Å². The van der Waals surface area contributed by atoms with E-state index in [9.17, 15) is 18.0 Å². The van der Waals surface area contributed by atoms with E-state index in [2.05, 4.69) is 4.74 Å². The zero-order chi connectivity index (χ0) is 21.8. The maximum atomic E-state index is 12.5. The van der Waals surface area contributed by atoms with E-state index in [1.165, 1.54) is 19.2 Å². The number of nitrogens with zero attached hydrogens (tertiary/aromatic N) is 1. The van der Waals surface area contributed by atoms with Crippen molar-refractivity contribution in [3.05, 3.63) is 23.8 Å². The van der Waals surface area contributed by atoms with E-state index in [1.807, 2.05) is 0 Å². The highest BCUT2D eigenvalue weighted by Gasteiger charge is 2.34. The van der Waals surface area contributed by atoms with Crippen LogP contribution in [0.25, 0.3) is 0 Å². The fraction of sp³-hybridized carbons (Fsp3) is 0.579. The number of esters is 1. The molecule has 0 aromatic heterocycles. The molecule has 1 amide bonds. The number of carbonyl (C=O) groups excluding carboxylic acids is 2. The van der Waals surface area contributed by atoms with E-state index in [4.69, 9.17) is 14.6 Å². The Labute approximate surface area is 171 Å². The van der Waals surface area contributed by atoms with Crippen molar-refractivity contribution in [2.75, 3.05) is 20.2 Å². The van der Waals surface area contributed by atoms with Crippen LogP contribution in [-0.4, -0.2) is 51.9 Å². The van der Waals surface area contributed by atoms with Gasteiger partial charge in [-0.3, -0.25) is 0 Å². The van der Waals surface area contributed by atoms with Crippen LogP contribution in [0.3, 0.4) is 0 Å². The molecule has 0 aliphatic carbocycles. The van der Waals surface area contributed by atoms with E-state index >= 15 is 0 Å². The largest absolute Gasteiger partial charge is 0.465 e. The summed E-state index contributed by atoms with van der Waals surface area (Å²) in [7, 11) is -3.04. The molecule has 0 spiro atoms. The number of hydrogen-bond donors (Lipinski definition) is 1. The molecular formula is C19H28N2O7S. The van der Waals surface area contributed by atoms with Crippen molar-refractivity contribution in [2.45, 2.75) is 51.2 Å². The summed E-state index contributed by atoms with van der Waals surface area (Å²) in [6, 6.07) is 3.71. The first-order chi connectivity index (χ1) is 13.4. The molecule has 0 radical (unpaired) electrons. The van der Waals surface area contributed by atoms with Gasteiger partial charge in [0.2, 0.25) is 10.0 Å². The fourth-order valence-electron chi connectivity index (χ4n) is 2.81. The van der Waals surface area contributed by atoms with Crippen LogP contribution in [0, 0.1) is 5.41 Å². The molecule has 2 N–H and O–H groups in total. The maximum absolute atomic E-state index is 12.5. The van der Waals surface area contributed by atoms with Gasteiger partial charge in [0.1, 0.15) is 10.6 Å². The molecule has 1 aliphatic rings. The number of methoxy groups -OCH3 is 1. The Hall–Kier alpha value is -2.33. The summed E-state index contributed by atoms with van der Waals surface area (Å²) in [4.78, 5) is 25.5. The van der Waals surface area contributed by atoms with Crippen molar-refractivity contribution in [2.24, 2.45) is 10.6 Å². The number of piperidine rings is 1. The maximum Gasteiger partial charge on any atom is 0.412 e. The number of ether oxygens (including phenoxy) is 3. The molecule has 1 aromatic carbocycles. The molecule has 9 nitrogen and oxygen atoms in total. The Morgan fingerprint density at radius 1 is 1.14 bits per heavy atom. The summed E-state index contributed by atoms with van der Waals surface area (Å²) in [5, 5.41) is 5.30. The third-order valence-corrected chi connectivity index (χ3v) is 5.37. The standard InChI is InChI=1S/C19H28N2O7S/c1-19(2,3)17(28-18(23)21-10-6-5-7-11-21)27-14-9-8-13(16(22)26-4)12-15(14)29(20,24)25/h8-9,12,17H,5-7,10-11H2,1-4H3,(H2,20,24,25). The number of primary sulfonamides is 1. The van der Waals surface area contributed by atoms with Gasteiger partial charge in [0.05, 0.1) is 12.7 Å². The summed E-state index contributed by atoms with van der Waals surface area (Å²) in [5.74, 6) is -0.836. The molecule has 1 aliphatic heterocycles. The van der Waals surface area contributed by atoms with Crippen LogP contribution < -0.4 is 9.88 Å². The van der Waals surface area contributed by atoms with E-state index < -0.39 is 38.7 Å². The van der Waals surface area contributed by atoms with Crippen LogP contribution in [0.5, 0.6) is 5.75 Å². The second kappa shape index (κ2) is 9.00. The first-order valence-electron chi connectivity index (χ1n) is 9.31. The van der Waals surface area contributed by atoms with Crippen molar-refractivity contribution in [3.8, 4) is 5.75 Å². The minimum absolute atomic E-state index is 0.00138. The van der Waals surface area contributed by atoms with Gasteiger partial charge in [-0.15, -0.1) is 0 Å². The number of sulfonamides is 1. The average Bonchev–Trinajstić information content (AvgIpc) is 2.66. The number of likely N-dealkylation sites (tertiary alicyclic amines) is 1. The molecule has 2 rings (SSSR count). The number of amides is 1. The molecule has 1 fully saturated rings. The lowest BCUT2D eigenvalue weighted by molar-refractivity contribution is -0.110. The SMILES string of the molecule is COC(=O)c1ccc(OC(OC(=O)N2CCCCC2)C(C)(C)C)c(S(N)(=O)=O)c1. The summed E-state index contributed by atoms with van der Waals surface area (Å²) in [6.07, 6.45) is 1.27. The normalized spacial score (nSPS) is 16.1. The zero-order valence-corrected chi connectivity index (χ0v) is 18.0. The molecule has 1 heterocycles. The highest BCUT2D eigenvalue weighted by molar-refractivity contribution is 7.89. The average molecular weight is 429 g/mol. The Morgan fingerprint density at radius 3 is 2.28 bits per heavy atom. The Kier molecular flexibility index (Phi) is 7.12. The predicted molar refractivity (Wildman–Crippen MR) is 105 cm³/mol. The van der Waals surface area contributed by atoms with Crippen molar-refractivity contribution in [3.63, 3.8) is 0 Å². The number of rotatable bonds is 5. The first kappa shape index (κ1) is 23.0. The Morgan fingerprint density at radius 2 is 1.76 bits per heavy atom. The molecule has 0 bridgehead atoms. The van der Waals surface area contributed by atoms with Crippen molar-refractivity contribution in [1.29, 1.82) is 0 Å². The Balaban J connectivity index is 2.32. The summed E-state index contributed by atoms with van der Waals surface area (Å²) in [6.45, 7) is 6.58. The van der Waals surface area contributed by atoms with Crippen LogP contribution in [0.2, 0.25) is 0 Å². The van der Waals surface area contributed by atoms with Gasteiger partial charge in [-0.1, -0.05) is 20.8 Å². The predicted octanol–water partition coefficient (Wildman–Crippen LogP) is 2.49. The molecular weight excluding hydrogens is 400 g/mol. The fourth-order valence-corrected chi connectivity index (χ4v) is 3.50. The molecule has 1 aromatic rings. The molecule has 1 saturated heterocycles. The molecule has 10 heteroatoms. The molecule has 1 atom stereocenters. The molecule has 162 valence electrons. The third-order valence-electron chi connectivity index (χ3n) is 4.43. The summed E-state index contributed by atoms with van der Waals surface area (Å²) in [5.41, 5.74) is -0.663. The highest BCUT2D eigenvalue weighted by atomic mass is 32.2. The number of benzene rings is 1. The van der Waals surface area contributed by atoms with Gasteiger partial charge in [0.25, 0.3) is 6.29 Å². The second-order valence-electron chi connectivity index (χ2n) is 7.95. The lowest BCUT2D eigenvalue weighted by Gasteiger charge is -2.34. The van der Waals surface area contributed by atoms with Gasteiger partial charge in [0.15, 0.2) is 0 Å². The van der Waals surface area contributed by atoms with Gasteiger partial charge < -0.3 is 19.1 Å². The molecule has 0 saturated carbocycles. The topological polar surface area (TPSA) is 125 Å². The molecule has 1 unspecified atom stereocenters. The third kappa shape index (κ3) is 6.07. The smallest absolute Gasteiger partial charge is 0.412 e. The lowest BCUT2D eigenvalue weighted by atomic mass is 9.96.